The SMILES string of the molecule is Nc1ncn([C@@H]2CS[C@H](CO)O2)c(=O)n1. The smallest absolute Gasteiger partial charge is 0.354 e. The van der Waals surface area contributed by atoms with Gasteiger partial charge in [0.2, 0.25) is 5.95 Å². The Bertz CT molecular complexity index is 409. The van der Waals surface area contributed by atoms with Crippen molar-refractivity contribution in [3.63, 3.8) is 0 Å². The largest absolute Gasteiger partial charge is 0.393 e. The van der Waals surface area contributed by atoms with Gasteiger partial charge in [0.25, 0.3) is 0 Å². The van der Waals surface area contributed by atoms with Crippen molar-refractivity contribution in [1.82, 2.24) is 14.5 Å². The summed E-state index contributed by atoms with van der Waals surface area (Å²) in [6.45, 7) is -0.0776. The van der Waals surface area contributed by atoms with Crippen molar-refractivity contribution in [1.29, 1.82) is 0 Å². The van der Waals surface area contributed by atoms with E-state index in [2.05, 4.69) is 9.97 Å². The van der Waals surface area contributed by atoms with Crippen LogP contribution in [0.1, 0.15) is 6.23 Å². The van der Waals surface area contributed by atoms with Crippen LogP contribution in [0.2, 0.25) is 0 Å². The maximum atomic E-state index is 11.4. The third-order valence-electron chi connectivity index (χ3n) is 1.94. The number of ether oxygens (including phenoxy) is 1. The predicted octanol–water partition coefficient (Wildman–Crippen LogP) is -1.20. The molecule has 1 aliphatic heterocycles. The van der Waals surface area contributed by atoms with E-state index in [1.165, 1.54) is 22.7 Å². The highest BCUT2D eigenvalue weighted by Crippen LogP contribution is 2.30. The Hall–Kier alpha value is -1.12. The van der Waals surface area contributed by atoms with Crippen LogP contribution in [0.4, 0.5) is 5.95 Å². The first-order valence-electron chi connectivity index (χ1n) is 4.29. The molecule has 0 saturated carbocycles. The lowest BCUT2D eigenvalue weighted by Crippen LogP contribution is -2.29. The molecule has 0 radical (unpaired) electrons. The van der Waals surface area contributed by atoms with Gasteiger partial charge in [0.15, 0.2) is 0 Å². The van der Waals surface area contributed by atoms with Crippen molar-refractivity contribution in [2.24, 2.45) is 0 Å². The first kappa shape index (κ1) is 10.4. The molecule has 2 atom stereocenters. The highest BCUT2D eigenvalue weighted by atomic mass is 32.2. The molecule has 82 valence electrons. The molecule has 1 fully saturated rings. The minimum atomic E-state index is -0.494. The summed E-state index contributed by atoms with van der Waals surface area (Å²) in [6, 6.07) is 0. The van der Waals surface area contributed by atoms with E-state index in [0.29, 0.717) is 5.75 Å². The van der Waals surface area contributed by atoms with Crippen LogP contribution in [-0.2, 0) is 4.74 Å². The molecule has 2 rings (SSSR count). The molecular formula is C7H10N4O3S. The number of nitrogen functional groups attached to an aromatic ring is 1. The lowest BCUT2D eigenvalue weighted by molar-refractivity contribution is -0.00688. The van der Waals surface area contributed by atoms with Crippen LogP contribution < -0.4 is 11.4 Å². The Labute approximate surface area is 89.3 Å². The molecule has 0 aliphatic carbocycles. The predicted molar refractivity (Wildman–Crippen MR) is 54.2 cm³/mol. The highest BCUT2D eigenvalue weighted by Gasteiger charge is 2.27. The summed E-state index contributed by atoms with van der Waals surface area (Å²) in [5.41, 5.74) is 4.47. The Morgan fingerprint density at radius 3 is 3.20 bits per heavy atom. The first-order chi connectivity index (χ1) is 7.20. The summed E-state index contributed by atoms with van der Waals surface area (Å²) in [5, 5.41) is 8.86. The molecule has 1 saturated heterocycles. The van der Waals surface area contributed by atoms with Gasteiger partial charge in [0.05, 0.1) is 6.61 Å². The number of rotatable bonds is 2. The molecule has 0 aromatic carbocycles. The lowest BCUT2D eigenvalue weighted by atomic mass is 10.6. The zero-order valence-electron chi connectivity index (χ0n) is 7.74. The summed E-state index contributed by atoms with van der Waals surface area (Å²) >= 11 is 1.44. The second kappa shape index (κ2) is 4.17. The van der Waals surface area contributed by atoms with Gasteiger partial charge in [0, 0.05) is 5.75 Å². The van der Waals surface area contributed by atoms with Crippen LogP contribution in [-0.4, -0.2) is 37.4 Å². The number of nitrogens with two attached hydrogens (primary N) is 1. The van der Waals surface area contributed by atoms with E-state index < -0.39 is 11.9 Å². The van der Waals surface area contributed by atoms with Gasteiger partial charge in [-0.2, -0.15) is 4.98 Å². The average molecular weight is 230 g/mol. The minimum Gasteiger partial charge on any atom is -0.393 e. The number of hydrogen-bond donors (Lipinski definition) is 2. The molecule has 0 bridgehead atoms. The van der Waals surface area contributed by atoms with Crippen molar-refractivity contribution >= 4 is 17.7 Å². The summed E-state index contributed by atoms with van der Waals surface area (Å²) in [6.07, 6.45) is 0.871. The van der Waals surface area contributed by atoms with Crippen LogP contribution in [0.15, 0.2) is 11.1 Å². The molecule has 1 aliphatic rings. The summed E-state index contributed by atoms with van der Waals surface area (Å²) in [7, 11) is 0. The van der Waals surface area contributed by atoms with Crippen molar-refractivity contribution in [2.45, 2.75) is 11.7 Å². The Morgan fingerprint density at radius 1 is 1.80 bits per heavy atom. The Morgan fingerprint density at radius 2 is 2.60 bits per heavy atom. The van der Waals surface area contributed by atoms with Crippen molar-refractivity contribution in [2.75, 3.05) is 18.1 Å². The summed E-state index contributed by atoms with van der Waals surface area (Å²) in [4.78, 5) is 18.6. The topological polar surface area (TPSA) is 103 Å². The van der Waals surface area contributed by atoms with Crippen molar-refractivity contribution in [3.8, 4) is 0 Å². The maximum absolute atomic E-state index is 11.4. The highest BCUT2D eigenvalue weighted by molar-refractivity contribution is 8.00. The van der Waals surface area contributed by atoms with Gasteiger partial charge in [-0.3, -0.25) is 4.57 Å². The Kier molecular flexibility index (Phi) is 2.89. The molecule has 1 aromatic heterocycles. The number of aliphatic hydroxyl groups is 1. The van der Waals surface area contributed by atoms with Crippen molar-refractivity contribution in [3.05, 3.63) is 16.8 Å². The fourth-order valence-corrected chi connectivity index (χ4v) is 2.17. The van der Waals surface area contributed by atoms with E-state index in [4.69, 9.17) is 15.6 Å². The van der Waals surface area contributed by atoms with E-state index in [9.17, 15) is 4.79 Å². The number of aliphatic hydroxyl groups excluding tert-OH is 1. The average Bonchev–Trinajstić information content (AvgIpc) is 2.66. The van der Waals surface area contributed by atoms with Crippen molar-refractivity contribution < 1.29 is 9.84 Å². The minimum absolute atomic E-state index is 0.0550. The standard InChI is InChI=1S/C7H10N4O3S/c8-6-9-3-11(7(13)10-6)4-2-15-5(1-12)14-4/h3-5,12H,1-2H2,(H2,8,10,13)/t4-,5+/m0/s1. The normalized spacial score (nSPS) is 25.7. The van der Waals surface area contributed by atoms with E-state index in [1.54, 1.807) is 0 Å². The van der Waals surface area contributed by atoms with E-state index in [1.807, 2.05) is 0 Å². The summed E-state index contributed by atoms with van der Waals surface area (Å²) in [5.74, 6) is 0.527. The lowest BCUT2D eigenvalue weighted by Gasteiger charge is -2.12. The van der Waals surface area contributed by atoms with Gasteiger partial charge in [0.1, 0.15) is 18.0 Å². The fraction of sp³-hybridized carbons (Fsp3) is 0.571. The number of nitrogens with zero attached hydrogens (tertiary/aromatic N) is 3. The van der Waals surface area contributed by atoms with Crippen LogP contribution >= 0.6 is 11.8 Å². The van der Waals surface area contributed by atoms with Gasteiger partial charge >= 0.3 is 5.69 Å². The zero-order valence-corrected chi connectivity index (χ0v) is 8.55. The van der Waals surface area contributed by atoms with Gasteiger partial charge in [-0.1, -0.05) is 0 Å². The molecule has 15 heavy (non-hydrogen) atoms. The third-order valence-corrected chi connectivity index (χ3v) is 3.05. The van der Waals surface area contributed by atoms with E-state index in [0.717, 1.165) is 0 Å². The molecule has 2 heterocycles. The quantitative estimate of drug-likeness (QED) is 0.657. The van der Waals surface area contributed by atoms with Crippen LogP contribution in [0, 0.1) is 0 Å². The molecule has 7 nitrogen and oxygen atoms in total. The van der Waals surface area contributed by atoms with Crippen LogP contribution in [0.25, 0.3) is 0 Å². The first-order valence-corrected chi connectivity index (χ1v) is 5.34. The third kappa shape index (κ3) is 2.11. The molecule has 8 heteroatoms. The van der Waals surface area contributed by atoms with E-state index in [-0.39, 0.29) is 18.0 Å². The molecular weight excluding hydrogens is 220 g/mol. The molecule has 0 unspecified atom stereocenters. The Balaban J connectivity index is 2.20. The number of anilines is 1. The summed E-state index contributed by atoms with van der Waals surface area (Å²) < 4.78 is 6.64. The second-order valence-corrected chi connectivity index (χ2v) is 4.13. The van der Waals surface area contributed by atoms with Crippen LogP contribution in [0.3, 0.4) is 0 Å². The van der Waals surface area contributed by atoms with E-state index >= 15 is 0 Å². The molecule has 0 amide bonds. The van der Waals surface area contributed by atoms with Crippen LogP contribution in [0.5, 0.6) is 0 Å². The van der Waals surface area contributed by atoms with Gasteiger partial charge in [-0.05, 0) is 0 Å². The monoisotopic (exact) mass is 230 g/mol. The number of aromatic nitrogens is 3. The van der Waals surface area contributed by atoms with Gasteiger partial charge in [-0.15, -0.1) is 11.8 Å². The van der Waals surface area contributed by atoms with Gasteiger partial charge < -0.3 is 15.6 Å². The second-order valence-electron chi connectivity index (χ2n) is 2.94. The zero-order chi connectivity index (χ0) is 10.8. The number of thioether (sulfide) groups is 1. The molecule has 1 aromatic rings. The maximum Gasteiger partial charge on any atom is 0.354 e. The number of hydrogen-bond acceptors (Lipinski definition) is 7. The fourth-order valence-electron chi connectivity index (χ4n) is 1.24. The molecule has 0 spiro atoms. The molecule has 3 N–H and O–H groups in total. The van der Waals surface area contributed by atoms with Gasteiger partial charge in [-0.25, -0.2) is 9.78 Å².